The summed E-state index contributed by atoms with van der Waals surface area (Å²) in [6, 6.07) is 2.94. The van der Waals surface area contributed by atoms with Gasteiger partial charge in [-0.2, -0.15) is 0 Å². The number of nitrogens with one attached hydrogen (secondary N) is 1. The van der Waals surface area contributed by atoms with Gasteiger partial charge in [-0.15, -0.1) is 0 Å². The maximum atomic E-state index is 13.5. The van der Waals surface area contributed by atoms with Crippen molar-refractivity contribution in [3.8, 4) is 0 Å². The molecule has 1 aromatic heterocycles. The summed E-state index contributed by atoms with van der Waals surface area (Å²) in [5.74, 6) is -1.66. The summed E-state index contributed by atoms with van der Waals surface area (Å²) < 4.78 is 26.6. The molecule has 0 fully saturated rings. The van der Waals surface area contributed by atoms with Crippen LogP contribution in [0.1, 0.15) is 23.4 Å². The van der Waals surface area contributed by atoms with Crippen LogP contribution in [-0.4, -0.2) is 22.1 Å². The minimum absolute atomic E-state index is 0.138. The predicted octanol–water partition coefficient (Wildman–Crippen LogP) is 3.66. The molecule has 4 nitrogen and oxygen atoms in total. The van der Waals surface area contributed by atoms with Gasteiger partial charge in [0.15, 0.2) is 5.16 Å². The van der Waals surface area contributed by atoms with Gasteiger partial charge in [0.25, 0.3) is 0 Å². The first-order valence-electron chi connectivity index (χ1n) is 7.03. The van der Waals surface area contributed by atoms with Gasteiger partial charge in [0.1, 0.15) is 11.6 Å². The Balaban J connectivity index is 2.03. The van der Waals surface area contributed by atoms with Crippen LogP contribution in [0.3, 0.4) is 0 Å². The fraction of sp³-hybridized carbons (Fsp3) is 0.312. The number of hydrogen-bond donors (Lipinski definition) is 1. The Kier molecular flexibility index (Phi) is 5.65. The molecule has 0 unspecified atom stereocenters. The van der Waals surface area contributed by atoms with Gasteiger partial charge in [-0.25, -0.2) is 18.7 Å². The molecule has 0 aliphatic rings. The van der Waals surface area contributed by atoms with E-state index in [1.807, 2.05) is 20.1 Å². The van der Waals surface area contributed by atoms with Crippen molar-refractivity contribution >= 4 is 23.4 Å². The summed E-state index contributed by atoms with van der Waals surface area (Å²) in [5.41, 5.74) is 2.40. The normalized spacial score (nSPS) is 10.7. The first-order chi connectivity index (χ1) is 10.9. The smallest absolute Gasteiger partial charge is 0.224 e. The van der Waals surface area contributed by atoms with Crippen molar-refractivity contribution in [1.82, 2.24) is 9.97 Å². The van der Waals surface area contributed by atoms with Crippen LogP contribution in [0.2, 0.25) is 0 Å². The Morgan fingerprint density at radius 2 is 1.87 bits per heavy atom. The molecule has 0 radical (unpaired) electrons. The average molecular weight is 337 g/mol. The molecule has 0 aliphatic heterocycles. The van der Waals surface area contributed by atoms with E-state index < -0.39 is 11.6 Å². The molecule has 0 saturated heterocycles. The van der Waals surface area contributed by atoms with Crippen molar-refractivity contribution in [1.29, 1.82) is 0 Å². The summed E-state index contributed by atoms with van der Waals surface area (Å²) in [4.78, 5) is 20.7. The molecule has 1 N–H and O–H groups in total. The maximum absolute atomic E-state index is 13.5. The first-order valence-corrected chi connectivity index (χ1v) is 8.26. The topological polar surface area (TPSA) is 54.9 Å². The zero-order valence-corrected chi connectivity index (χ0v) is 13.9. The van der Waals surface area contributed by atoms with E-state index in [2.05, 4.69) is 15.3 Å². The van der Waals surface area contributed by atoms with E-state index in [-0.39, 0.29) is 18.0 Å². The Labute approximate surface area is 137 Å². The minimum atomic E-state index is -0.667. The summed E-state index contributed by atoms with van der Waals surface area (Å²) in [6.07, 6.45) is 2.48. The lowest BCUT2D eigenvalue weighted by Crippen LogP contribution is -2.14. The number of aryl methyl sites for hydroxylation is 2. The van der Waals surface area contributed by atoms with Crippen LogP contribution in [0.5, 0.6) is 0 Å². The second-order valence-corrected chi connectivity index (χ2v) is 5.81. The second kappa shape index (κ2) is 7.50. The number of anilines is 1. The fourth-order valence-corrected chi connectivity index (χ4v) is 2.66. The van der Waals surface area contributed by atoms with E-state index in [0.29, 0.717) is 11.6 Å². The second-order valence-electron chi connectivity index (χ2n) is 5.03. The van der Waals surface area contributed by atoms with Crippen LogP contribution in [0.4, 0.5) is 14.5 Å². The van der Waals surface area contributed by atoms with Crippen LogP contribution >= 0.6 is 11.8 Å². The Morgan fingerprint density at radius 3 is 2.48 bits per heavy atom. The van der Waals surface area contributed by atoms with Crippen molar-refractivity contribution in [2.24, 2.45) is 0 Å². The van der Waals surface area contributed by atoms with Crippen molar-refractivity contribution < 1.29 is 13.6 Å². The molecule has 0 atom stereocenters. The molecule has 0 aliphatic carbocycles. The first kappa shape index (κ1) is 17.3. The van der Waals surface area contributed by atoms with Crippen LogP contribution < -0.4 is 5.32 Å². The number of thioether (sulfide) groups is 1. The van der Waals surface area contributed by atoms with E-state index in [0.717, 1.165) is 35.2 Å². The standard InChI is InChI=1S/C16H17F2N3OS/c1-9-12(10(2)20-16(19-9)23-3)5-7-15(22)21-14-8-11(17)4-6-13(14)18/h4,6,8H,5,7H2,1-3H3,(H,21,22). The number of amides is 1. The molecule has 0 spiro atoms. The van der Waals surface area contributed by atoms with Crippen molar-refractivity contribution in [3.63, 3.8) is 0 Å². The Bertz CT molecular complexity index is 714. The molecular weight excluding hydrogens is 320 g/mol. The summed E-state index contributed by atoms with van der Waals surface area (Å²) >= 11 is 1.46. The molecule has 2 aromatic rings. The SMILES string of the molecule is CSc1nc(C)c(CCC(=O)Nc2cc(F)ccc2F)c(C)n1. The lowest BCUT2D eigenvalue weighted by Gasteiger charge is -2.10. The number of rotatable bonds is 5. The lowest BCUT2D eigenvalue weighted by molar-refractivity contribution is -0.116. The van der Waals surface area contributed by atoms with E-state index >= 15 is 0 Å². The lowest BCUT2D eigenvalue weighted by atomic mass is 10.1. The number of benzene rings is 1. The maximum Gasteiger partial charge on any atom is 0.224 e. The molecular formula is C16H17F2N3OS. The third-order valence-electron chi connectivity index (χ3n) is 3.39. The molecule has 1 aromatic carbocycles. The van der Waals surface area contributed by atoms with Gasteiger partial charge in [0.05, 0.1) is 5.69 Å². The highest BCUT2D eigenvalue weighted by molar-refractivity contribution is 7.98. The summed E-state index contributed by atoms with van der Waals surface area (Å²) in [5, 5.41) is 3.07. The average Bonchev–Trinajstić information content (AvgIpc) is 2.49. The van der Waals surface area contributed by atoms with Crippen molar-refractivity contribution in [3.05, 3.63) is 46.8 Å². The molecule has 0 saturated carbocycles. The van der Waals surface area contributed by atoms with Gasteiger partial charge >= 0.3 is 0 Å². The van der Waals surface area contributed by atoms with Crippen LogP contribution in [-0.2, 0) is 11.2 Å². The Hall–Kier alpha value is -2.02. The minimum Gasteiger partial charge on any atom is -0.324 e. The van der Waals surface area contributed by atoms with Crippen LogP contribution in [0.15, 0.2) is 23.4 Å². The molecule has 1 amide bonds. The fourth-order valence-electron chi connectivity index (χ4n) is 2.21. The van der Waals surface area contributed by atoms with Gasteiger partial charge in [0, 0.05) is 23.9 Å². The van der Waals surface area contributed by atoms with Crippen LogP contribution in [0.25, 0.3) is 0 Å². The summed E-state index contributed by atoms with van der Waals surface area (Å²) in [6.45, 7) is 3.74. The Morgan fingerprint density at radius 1 is 1.22 bits per heavy atom. The highest BCUT2D eigenvalue weighted by Gasteiger charge is 2.12. The van der Waals surface area contributed by atoms with Gasteiger partial charge in [0.2, 0.25) is 5.91 Å². The summed E-state index contributed by atoms with van der Waals surface area (Å²) in [7, 11) is 0. The third-order valence-corrected chi connectivity index (χ3v) is 3.94. The number of halogens is 2. The number of nitrogens with zero attached hydrogens (tertiary/aromatic N) is 2. The monoisotopic (exact) mass is 337 g/mol. The zero-order chi connectivity index (χ0) is 17.0. The molecule has 0 bridgehead atoms. The van der Waals surface area contributed by atoms with E-state index in [1.165, 1.54) is 11.8 Å². The highest BCUT2D eigenvalue weighted by atomic mass is 32.2. The van der Waals surface area contributed by atoms with Crippen molar-refractivity contribution in [2.45, 2.75) is 31.8 Å². The zero-order valence-electron chi connectivity index (χ0n) is 13.1. The third kappa shape index (κ3) is 4.48. The molecule has 1 heterocycles. The molecule has 2 rings (SSSR count). The number of aromatic nitrogens is 2. The molecule has 23 heavy (non-hydrogen) atoms. The molecule has 122 valence electrons. The van der Waals surface area contributed by atoms with Crippen molar-refractivity contribution in [2.75, 3.05) is 11.6 Å². The largest absolute Gasteiger partial charge is 0.324 e. The number of carbonyl (C=O) groups excluding carboxylic acids is 1. The van der Waals surface area contributed by atoms with Gasteiger partial charge in [-0.1, -0.05) is 11.8 Å². The van der Waals surface area contributed by atoms with Gasteiger partial charge < -0.3 is 5.32 Å². The number of hydrogen-bond acceptors (Lipinski definition) is 4. The van der Waals surface area contributed by atoms with E-state index in [4.69, 9.17) is 0 Å². The predicted molar refractivity (Wildman–Crippen MR) is 86.6 cm³/mol. The van der Waals surface area contributed by atoms with Gasteiger partial charge in [-0.05, 0) is 44.2 Å². The number of carbonyl (C=O) groups is 1. The van der Waals surface area contributed by atoms with E-state index in [9.17, 15) is 13.6 Å². The van der Waals surface area contributed by atoms with Crippen LogP contribution in [0, 0.1) is 25.5 Å². The molecule has 7 heteroatoms. The van der Waals surface area contributed by atoms with E-state index in [1.54, 1.807) is 0 Å². The quantitative estimate of drug-likeness (QED) is 0.668. The van der Waals surface area contributed by atoms with Gasteiger partial charge in [-0.3, -0.25) is 4.79 Å². The highest BCUT2D eigenvalue weighted by Crippen LogP contribution is 2.19.